The van der Waals surface area contributed by atoms with Crippen LogP contribution >= 0.6 is 11.6 Å². The molecular weight excluding hydrogens is 352 g/mol. The fourth-order valence-corrected chi connectivity index (χ4v) is 3.21. The van der Waals surface area contributed by atoms with Gasteiger partial charge >= 0.3 is 0 Å². The third-order valence-electron chi connectivity index (χ3n) is 4.70. The number of hydrogen-bond donors (Lipinski definition) is 1. The Morgan fingerprint density at radius 3 is 2.50 bits per heavy atom. The van der Waals surface area contributed by atoms with Gasteiger partial charge in [-0.15, -0.1) is 0 Å². The van der Waals surface area contributed by atoms with Gasteiger partial charge in [-0.2, -0.15) is 0 Å². The predicted molar refractivity (Wildman–Crippen MR) is 104 cm³/mol. The van der Waals surface area contributed by atoms with Gasteiger partial charge in [-0.05, 0) is 43.3 Å². The Balaban J connectivity index is 1.55. The number of methoxy groups -OCH3 is 1. The maximum atomic E-state index is 12.5. The Morgan fingerprint density at radius 1 is 1.19 bits per heavy atom. The van der Waals surface area contributed by atoms with Crippen LogP contribution in [-0.2, 0) is 4.79 Å². The minimum Gasteiger partial charge on any atom is -0.497 e. The lowest BCUT2D eigenvalue weighted by Gasteiger charge is -2.38. The van der Waals surface area contributed by atoms with E-state index in [-0.39, 0.29) is 11.9 Å². The van der Waals surface area contributed by atoms with Crippen molar-refractivity contribution < 1.29 is 9.53 Å². The summed E-state index contributed by atoms with van der Waals surface area (Å²) in [5, 5.41) is 3.16. The molecule has 1 fully saturated rings. The zero-order chi connectivity index (χ0) is 18.5. The molecule has 0 aliphatic carbocycles. The number of rotatable bonds is 5. The van der Waals surface area contributed by atoms with E-state index in [2.05, 4.69) is 32.2 Å². The fraction of sp³-hybridized carbons (Fsp3) is 0.368. The number of piperazine rings is 1. The van der Waals surface area contributed by atoms with E-state index < -0.39 is 0 Å². The number of aromatic nitrogens is 1. The van der Waals surface area contributed by atoms with Crippen molar-refractivity contribution in [2.24, 2.45) is 0 Å². The van der Waals surface area contributed by atoms with E-state index in [1.165, 1.54) is 5.69 Å². The normalized spacial score (nSPS) is 16.2. The van der Waals surface area contributed by atoms with Crippen molar-refractivity contribution >= 4 is 28.9 Å². The van der Waals surface area contributed by atoms with E-state index in [9.17, 15) is 4.79 Å². The molecule has 1 amide bonds. The Bertz CT molecular complexity index is 745. The second kappa shape index (κ2) is 8.38. The van der Waals surface area contributed by atoms with Crippen molar-refractivity contribution in [3.8, 4) is 5.75 Å². The Hall–Kier alpha value is -2.31. The lowest BCUT2D eigenvalue weighted by molar-refractivity contribution is -0.120. The van der Waals surface area contributed by atoms with Crippen molar-refractivity contribution in [3.63, 3.8) is 0 Å². The molecule has 1 aliphatic heterocycles. The van der Waals surface area contributed by atoms with Crippen LogP contribution in [0, 0.1) is 0 Å². The maximum Gasteiger partial charge on any atom is 0.241 e. The standard InChI is InChI=1S/C19H23ClN4O2/c1-14(19(25)22-17-4-3-9-21-18(17)20)23-10-12-24(13-11-23)15-5-7-16(26-2)8-6-15/h3-9,14H,10-13H2,1-2H3,(H,22,25)/t14-/m1/s1. The average molecular weight is 375 g/mol. The van der Waals surface area contributed by atoms with Gasteiger partial charge in [0.15, 0.2) is 5.15 Å². The van der Waals surface area contributed by atoms with Gasteiger partial charge in [-0.25, -0.2) is 4.98 Å². The molecule has 1 N–H and O–H groups in total. The Labute approximate surface area is 158 Å². The first-order valence-electron chi connectivity index (χ1n) is 8.63. The van der Waals surface area contributed by atoms with Crippen LogP contribution < -0.4 is 15.0 Å². The van der Waals surface area contributed by atoms with E-state index in [1.54, 1.807) is 25.4 Å². The quantitative estimate of drug-likeness (QED) is 0.815. The van der Waals surface area contributed by atoms with Gasteiger partial charge in [0.1, 0.15) is 5.75 Å². The highest BCUT2D eigenvalue weighted by Gasteiger charge is 2.26. The van der Waals surface area contributed by atoms with Crippen LogP contribution in [-0.4, -0.2) is 55.1 Å². The molecule has 2 heterocycles. The van der Waals surface area contributed by atoms with Gasteiger partial charge in [-0.1, -0.05) is 11.6 Å². The topological polar surface area (TPSA) is 57.7 Å². The molecule has 0 bridgehead atoms. The van der Waals surface area contributed by atoms with Crippen molar-refractivity contribution in [3.05, 3.63) is 47.7 Å². The molecule has 2 aromatic rings. The van der Waals surface area contributed by atoms with Gasteiger partial charge in [0, 0.05) is 38.1 Å². The molecule has 1 atom stereocenters. The van der Waals surface area contributed by atoms with Gasteiger partial charge in [0.25, 0.3) is 0 Å². The van der Waals surface area contributed by atoms with Crippen molar-refractivity contribution in [2.75, 3.05) is 43.5 Å². The highest BCUT2D eigenvalue weighted by molar-refractivity contribution is 6.32. The van der Waals surface area contributed by atoms with Crippen LogP contribution in [0.4, 0.5) is 11.4 Å². The SMILES string of the molecule is COc1ccc(N2CCN([C@H](C)C(=O)Nc3cccnc3Cl)CC2)cc1. The molecule has 1 aromatic carbocycles. The van der Waals surface area contributed by atoms with Crippen LogP contribution in [0.2, 0.25) is 5.15 Å². The third kappa shape index (κ3) is 4.26. The van der Waals surface area contributed by atoms with Gasteiger partial charge in [0.2, 0.25) is 5.91 Å². The number of amides is 1. The molecule has 7 heteroatoms. The van der Waals surface area contributed by atoms with Crippen molar-refractivity contribution in [1.29, 1.82) is 0 Å². The summed E-state index contributed by atoms with van der Waals surface area (Å²) >= 11 is 6.01. The van der Waals surface area contributed by atoms with Gasteiger partial charge in [-0.3, -0.25) is 9.69 Å². The molecule has 1 saturated heterocycles. The molecule has 3 rings (SSSR count). The number of carbonyl (C=O) groups is 1. The second-order valence-corrected chi connectivity index (χ2v) is 6.59. The molecule has 0 spiro atoms. The first-order chi connectivity index (χ1) is 12.6. The Kier molecular flexibility index (Phi) is 5.96. The number of nitrogens with zero attached hydrogens (tertiary/aromatic N) is 3. The van der Waals surface area contributed by atoms with Gasteiger partial charge < -0.3 is 15.0 Å². The number of benzene rings is 1. The fourth-order valence-electron chi connectivity index (χ4n) is 3.04. The van der Waals surface area contributed by atoms with Crippen LogP contribution in [0.15, 0.2) is 42.6 Å². The minimum atomic E-state index is -0.232. The summed E-state index contributed by atoms with van der Waals surface area (Å²) in [6.07, 6.45) is 1.60. The maximum absolute atomic E-state index is 12.5. The molecule has 0 radical (unpaired) electrons. The summed E-state index contributed by atoms with van der Waals surface area (Å²) in [6, 6.07) is 11.3. The summed E-state index contributed by atoms with van der Waals surface area (Å²) in [7, 11) is 1.67. The zero-order valence-electron chi connectivity index (χ0n) is 15.0. The third-order valence-corrected chi connectivity index (χ3v) is 5.00. The highest BCUT2D eigenvalue weighted by Crippen LogP contribution is 2.22. The second-order valence-electron chi connectivity index (χ2n) is 6.23. The molecular formula is C19H23ClN4O2. The van der Waals surface area contributed by atoms with Crippen LogP contribution in [0.5, 0.6) is 5.75 Å². The van der Waals surface area contributed by atoms with E-state index in [4.69, 9.17) is 16.3 Å². The molecule has 26 heavy (non-hydrogen) atoms. The molecule has 138 valence electrons. The van der Waals surface area contributed by atoms with E-state index in [0.717, 1.165) is 31.9 Å². The average Bonchev–Trinajstić information content (AvgIpc) is 2.69. The molecule has 0 saturated carbocycles. The van der Waals surface area contributed by atoms with E-state index >= 15 is 0 Å². The molecule has 1 aromatic heterocycles. The summed E-state index contributed by atoms with van der Waals surface area (Å²) in [4.78, 5) is 21.0. The first kappa shape index (κ1) is 18.5. The van der Waals surface area contributed by atoms with Crippen LogP contribution in [0.1, 0.15) is 6.92 Å². The summed E-state index contributed by atoms with van der Waals surface area (Å²) < 4.78 is 5.20. The molecule has 6 nitrogen and oxygen atoms in total. The van der Waals surface area contributed by atoms with Gasteiger partial charge in [0.05, 0.1) is 18.8 Å². The minimum absolute atomic E-state index is 0.0715. The number of hydrogen-bond acceptors (Lipinski definition) is 5. The van der Waals surface area contributed by atoms with Crippen LogP contribution in [0.25, 0.3) is 0 Å². The number of carbonyl (C=O) groups excluding carboxylic acids is 1. The first-order valence-corrected chi connectivity index (χ1v) is 9.00. The monoisotopic (exact) mass is 374 g/mol. The number of anilines is 2. The van der Waals surface area contributed by atoms with E-state index in [1.807, 2.05) is 19.1 Å². The number of nitrogens with one attached hydrogen (secondary N) is 1. The number of halogens is 1. The zero-order valence-corrected chi connectivity index (χ0v) is 15.7. The molecule has 0 unspecified atom stereocenters. The summed E-state index contributed by atoms with van der Waals surface area (Å²) in [6.45, 7) is 5.31. The molecule has 1 aliphatic rings. The van der Waals surface area contributed by atoms with Crippen molar-refractivity contribution in [1.82, 2.24) is 9.88 Å². The predicted octanol–water partition coefficient (Wildman–Crippen LogP) is 2.89. The van der Waals surface area contributed by atoms with Crippen molar-refractivity contribution in [2.45, 2.75) is 13.0 Å². The van der Waals surface area contributed by atoms with E-state index in [0.29, 0.717) is 10.8 Å². The smallest absolute Gasteiger partial charge is 0.241 e. The highest BCUT2D eigenvalue weighted by atomic mass is 35.5. The summed E-state index contributed by atoms with van der Waals surface area (Å²) in [5.74, 6) is 0.782. The number of ether oxygens (including phenoxy) is 1. The summed E-state index contributed by atoms with van der Waals surface area (Å²) in [5.41, 5.74) is 1.72. The van der Waals surface area contributed by atoms with Crippen LogP contribution in [0.3, 0.4) is 0 Å². The lowest BCUT2D eigenvalue weighted by Crippen LogP contribution is -2.52. The lowest BCUT2D eigenvalue weighted by atomic mass is 10.2. The Morgan fingerprint density at radius 2 is 1.88 bits per heavy atom. The largest absolute Gasteiger partial charge is 0.497 e. The number of pyridine rings is 1.